The summed E-state index contributed by atoms with van der Waals surface area (Å²) in [7, 11) is 0. The molecule has 7 nitrogen and oxygen atoms in total. The average molecular weight is 402 g/mol. The van der Waals surface area contributed by atoms with Gasteiger partial charge in [0, 0.05) is 24.7 Å². The minimum atomic E-state index is -0.359. The van der Waals surface area contributed by atoms with Crippen LogP contribution in [0.4, 0.5) is 11.4 Å². The van der Waals surface area contributed by atoms with Crippen molar-refractivity contribution in [3.8, 4) is 0 Å². The number of rotatable bonds is 4. The zero-order valence-electron chi connectivity index (χ0n) is 15.0. The van der Waals surface area contributed by atoms with Gasteiger partial charge < -0.3 is 15.4 Å². The second-order valence-corrected chi connectivity index (χ2v) is 6.52. The molecule has 8 heteroatoms. The summed E-state index contributed by atoms with van der Waals surface area (Å²) in [5.74, 6) is -0.872. The lowest BCUT2D eigenvalue weighted by molar-refractivity contribution is -0.117. The minimum absolute atomic E-state index is 0. The molecule has 1 unspecified atom stereocenters. The van der Waals surface area contributed by atoms with Gasteiger partial charge in [-0.15, -0.1) is 12.4 Å². The second kappa shape index (κ2) is 8.52. The van der Waals surface area contributed by atoms with E-state index in [1.165, 1.54) is 0 Å². The molecule has 0 aliphatic carbocycles. The number of imide groups is 1. The largest absolute Gasteiger partial charge is 0.378 e. The number of benzene rings is 2. The van der Waals surface area contributed by atoms with Crippen LogP contribution in [0.15, 0.2) is 48.5 Å². The Bertz CT molecular complexity index is 877. The number of morpholine rings is 1. The maximum Gasteiger partial charge on any atom is 0.266 e. The molecular weight excluding hydrogens is 382 g/mol. The summed E-state index contributed by atoms with van der Waals surface area (Å²) in [5.41, 5.74) is 1.74. The van der Waals surface area contributed by atoms with Crippen LogP contribution in [-0.2, 0) is 9.53 Å². The lowest BCUT2D eigenvalue weighted by Gasteiger charge is -2.23. The van der Waals surface area contributed by atoms with E-state index in [0.29, 0.717) is 35.7 Å². The van der Waals surface area contributed by atoms with E-state index < -0.39 is 0 Å². The lowest BCUT2D eigenvalue weighted by Crippen LogP contribution is -2.43. The number of anilines is 2. The first kappa shape index (κ1) is 20.0. The van der Waals surface area contributed by atoms with Gasteiger partial charge in [-0.25, -0.2) is 4.90 Å². The van der Waals surface area contributed by atoms with Gasteiger partial charge in [0.05, 0.1) is 30.0 Å². The first-order valence-corrected chi connectivity index (χ1v) is 8.82. The van der Waals surface area contributed by atoms with Crippen molar-refractivity contribution >= 4 is 41.5 Å². The summed E-state index contributed by atoms with van der Waals surface area (Å²) in [6.07, 6.45) is 0.289. The molecule has 1 atom stereocenters. The molecule has 0 aromatic heterocycles. The van der Waals surface area contributed by atoms with Crippen molar-refractivity contribution < 1.29 is 19.1 Å². The van der Waals surface area contributed by atoms with E-state index in [4.69, 9.17) is 4.74 Å². The molecule has 2 aromatic carbocycles. The highest BCUT2D eigenvalue weighted by Crippen LogP contribution is 2.29. The second-order valence-electron chi connectivity index (χ2n) is 6.52. The minimum Gasteiger partial charge on any atom is -0.378 e. The Kier molecular flexibility index (Phi) is 6.08. The Hall–Kier alpha value is -2.74. The molecule has 1 saturated heterocycles. The number of fused-ring (bicyclic) bond motifs is 1. The highest BCUT2D eigenvalue weighted by molar-refractivity contribution is 6.34. The molecule has 28 heavy (non-hydrogen) atoms. The van der Waals surface area contributed by atoms with Gasteiger partial charge in [0.25, 0.3) is 11.8 Å². The Morgan fingerprint density at radius 2 is 1.82 bits per heavy atom. The molecule has 0 radical (unpaired) electrons. The van der Waals surface area contributed by atoms with E-state index in [2.05, 4.69) is 10.6 Å². The summed E-state index contributed by atoms with van der Waals surface area (Å²) >= 11 is 0. The van der Waals surface area contributed by atoms with E-state index in [-0.39, 0.29) is 42.6 Å². The number of carbonyl (C=O) groups is 3. The molecule has 2 heterocycles. The van der Waals surface area contributed by atoms with Crippen LogP contribution in [0.5, 0.6) is 0 Å². The lowest BCUT2D eigenvalue weighted by atomic mass is 10.1. The molecule has 2 aliphatic heterocycles. The van der Waals surface area contributed by atoms with Crippen molar-refractivity contribution in [2.75, 3.05) is 30.0 Å². The van der Waals surface area contributed by atoms with Crippen LogP contribution in [0.1, 0.15) is 27.1 Å². The van der Waals surface area contributed by atoms with Crippen molar-refractivity contribution in [2.24, 2.45) is 0 Å². The Morgan fingerprint density at radius 1 is 1.11 bits per heavy atom. The highest BCUT2D eigenvalue weighted by atomic mass is 35.5. The molecule has 146 valence electrons. The zero-order valence-corrected chi connectivity index (χ0v) is 15.8. The van der Waals surface area contributed by atoms with E-state index >= 15 is 0 Å². The van der Waals surface area contributed by atoms with Gasteiger partial charge in [-0.2, -0.15) is 0 Å². The van der Waals surface area contributed by atoms with Crippen molar-refractivity contribution in [2.45, 2.75) is 12.5 Å². The van der Waals surface area contributed by atoms with Crippen molar-refractivity contribution in [1.82, 2.24) is 5.32 Å². The van der Waals surface area contributed by atoms with Gasteiger partial charge in [0.1, 0.15) is 0 Å². The Morgan fingerprint density at radius 3 is 2.46 bits per heavy atom. The van der Waals surface area contributed by atoms with E-state index in [1.807, 2.05) is 0 Å². The summed E-state index contributed by atoms with van der Waals surface area (Å²) in [6, 6.07) is 13.5. The van der Waals surface area contributed by atoms with Crippen LogP contribution in [0.25, 0.3) is 0 Å². The van der Waals surface area contributed by atoms with E-state index in [0.717, 1.165) is 11.4 Å². The number of ether oxygens (including phenoxy) is 1. The van der Waals surface area contributed by atoms with Crippen LogP contribution in [0.3, 0.4) is 0 Å². The monoisotopic (exact) mass is 401 g/mol. The maximum absolute atomic E-state index is 12.6. The number of nitrogens with zero attached hydrogens (tertiary/aromatic N) is 1. The first-order chi connectivity index (χ1) is 13.1. The third-order valence-corrected chi connectivity index (χ3v) is 4.61. The molecule has 1 fully saturated rings. The van der Waals surface area contributed by atoms with Gasteiger partial charge in [0.15, 0.2) is 0 Å². The molecule has 0 saturated carbocycles. The van der Waals surface area contributed by atoms with Crippen molar-refractivity contribution in [3.63, 3.8) is 0 Å². The number of nitrogens with one attached hydrogen (secondary N) is 2. The SMILES string of the molecule is Cl.O=C(CC1COCCN1)Nc1cccc(N2C(=O)c3ccccc3C2=O)c1. The zero-order chi connectivity index (χ0) is 18.8. The van der Waals surface area contributed by atoms with Crippen LogP contribution in [0.2, 0.25) is 0 Å². The molecule has 0 spiro atoms. The van der Waals surface area contributed by atoms with Crippen LogP contribution >= 0.6 is 12.4 Å². The smallest absolute Gasteiger partial charge is 0.266 e. The molecular formula is C20H20ClN3O4. The van der Waals surface area contributed by atoms with Gasteiger partial charge in [-0.1, -0.05) is 18.2 Å². The highest BCUT2D eigenvalue weighted by Gasteiger charge is 2.36. The van der Waals surface area contributed by atoms with Crippen LogP contribution < -0.4 is 15.5 Å². The van der Waals surface area contributed by atoms with Gasteiger partial charge in [-0.05, 0) is 30.3 Å². The number of amides is 3. The summed E-state index contributed by atoms with van der Waals surface area (Å²) in [4.78, 5) is 38.6. The molecule has 0 bridgehead atoms. The predicted molar refractivity (Wildman–Crippen MR) is 107 cm³/mol. The van der Waals surface area contributed by atoms with E-state index in [9.17, 15) is 14.4 Å². The fourth-order valence-corrected chi connectivity index (χ4v) is 3.33. The quantitative estimate of drug-likeness (QED) is 0.767. The third-order valence-electron chi connectivity index (χ3n) is 4.61. The number of hydrogen-bond acceptors (Lipinski definition) is 5. The number of hydrogen-bond donors (Lipinski definition) is 2. The third kappa shape index (κ3) is 3.91. The van der Waals surface area contributed by atoms with Crippen LogP contribution in [-0.4, -0.2) is 43.5 Å². The number of carbonyl (C=O) groups excluding carboxylic acids is 3. The summed E-state index contributed by atoms with van der Waals surface area (Å²) < 4.78 is 5.35. The molecule has 2 aliphatic rings. The van der Waals surface area contributed by atoms with Gasteiger partial charge in [-0.3, -0.25) is 14.4 Å². The molecule has 4 rings (SSSR count). The van der Waals surface area contributed by atoms with Crippen molar-refractivity contribution in [3.05, 3.63) is 59.7 Å². The summed E-state index contributed by atoms with van der Waals surface area (Å²) in [6.45, 7) is 1.89. The fourth-order valence-electron chi connectivity index (χ4n) is 3.33. The van der Waals surface area contributed by atoms with Crippen LogP contribution in [0, 0.1) is 0 Å². The summed E-state index contributed by atoms with van der Waals surface area (Å²) in [5, 5.41) is 6.05. The molecule has 3 amide bonds. The molecule has 2 N–H and O–H groups in total. The average Bonchev–Trinajstić information content (AvgIpc) is 2.94. The Labute approximate surface area is 168 Å². The molecule has 2 aromatic rings. The normalized spacial score (nSPS) is 18.4. The van der Waals surface area contributed by atoms with E-state index in [1.54, 1.807) is 48.5 Å². The first-order valence-electron chi connectivity index (χ1n) is 8.82. The van der Waals surface area contributed by atoms with Crippen molar-refractivity contribution in [1.29, 1.82) is 0 Å². The standard InChI is InChI=1S/C20H19N3O4.ClH/c24-18(11-14-12-27-9-8-21-14)22-13-4-3-5-15(10-13)23-19(25)16-6-1-2-7-17(16)20(23)26;/h1-7,10,14,21H,8-9,11-12H2,(H,22,24);1H. The number of halogens is 1. The topological polar surface area (TPSA) is 87.7 Å². The predicted octanol–water partition coefficient (Wildman–Crippen LogP) is 2.23. The van der Waals surface area contributed by atoms with Gasteiger partial charge in [0.2, 0.25) is 5.91 Å². The maximum atomic E-state index is 12.6. The van der Waals surface area contributed by atoms with Gasteiger partial charge >= 0.3 is 0 Å². The Balaban J connectivity index is 0.00000225. The fraction of sp³-hybridized carbons (Fsp3) is 0.250.